The van der Waals surface area contributed by atoms with Gasteiger partial charge in [0.25, 0.3) is 0 Å². The molecule has 2 aliphatic carbocycles. The summed E-state index contributed by atoms with van der Waals surface area (Å²) in [5.74, 6) is 1.55. The number of rotatable bonds is 6. The Morgan fingerprint density at radius 3 is 1.40 bits per heavy atom. The molecule has 0 radical (unpaired) electrons. The lowest BCUT2D eigenvalue weighted by Gasteiger charge is -2.42. The minimum Gasteiger partial charge on any atom is -0.418 e. The maximum Gasteiger partial charge on any atom is 0.317 e. The molecule has 0 N–H and O–H groups in total. The Hall–Kier alpha value is 0.628. The molecule has 5 rings (SSSR count). The molecule has 0 aromatic carbocycles. The lowest BCUT2D eigenvalue weighted by atomic mass is 9.88. The van der Waals surface area contributed by atoms with Crippen LogP contribution in [0.3, 0.4) is 0 Å². The lowest BCUT2D eigenvalue weighted by molar-refractivity contribution is 0.248. The number of fused-ring (bicyclic) bond motifs is 2. The summed E-state index contributed by atoms with van der Waals surface area (Å²) < 4.78 is 38.1. The quantitative estimate of drug-likeness (QED) is 0.418. The van der Waals surface area contributed by atoms with E-state index in [0.29, 0.717) is 24.4 Å². The van der Waals surface area contributed by atoms with Crippen molar-refractivity contribution in [2.24, 2.45) is 11.8 Å². The van der Waals surface area contributed by atoms with E-state index in [0.717, 1.165) is 23.9 Å². The summed E-state index contributed by atoms with van der Waals surface area (Å²) in [5.41, 5.74) is 0. The number of hydrogen-bond acceptors (Lipinski definition) is 6. The van der Waals surface area contributed by atoms with Gasteiger partial charge in [0.1, 0.15) is 0 Å². The van der Waals surface area contributed by atoms with Crippen molar-refractivity contribution >= 4 is 35.7 Å². The third-order valence-corrected chi connectivity index (χ3v) is 23.6. The second kappa shape index (κ2) is 8.77. The van der Waals surface area contributed by atoms with E-state index >= 15 is 0 Å². The Bertz CT molecular complexity index is 562. The van der Waals surface area contributed by atoms with Crippen LogP contribution in [-0.4, -0.2) is 60.1 Å². The molecule has 6 unspecified atom stereocenters. The van der Waals surface area contributed by atoms with Gasteiger partial charge in [-0.2, -0.15) is 0 Å². The first-order chi connectivity index (χ1) is 14.3. The van der Waals surface area contributed by atoms with Crippen molar-refractivity contribution in [1.29, 1.82) is 0 Å². The Morgan fingerprint density at radius 2 is 1.03 bits per heavy atom. The zero-order valence-corrected chi connectivity index (χ0v) is 23.4. The van der Waals surface area contributed by atoms with Gasteiger partial charge in [0.15, 0.2) is 0 Å². The third kappa shape index (κ3) is 5.57. The van der Waals surface area contributed by atoms with Crippen LogP contribution in [-0.2, 0) is 25.9 Å². The van der Waals surface area contributed by atoms with Crippen LogP contribution in [0, 0.1) is 11.8 Å². The molecular weight excluding hydrogens is 449 g/mol. The van der Waals surface area contributed by atoms with E-state index in [1.807, 2.05) is 0 Å². The van der Waals surface area contributed by atoms with Gasteiger partial charge in [0, 0.05) is 0 Å². The van der Waals surface area contributed by atoms with Crippen LogP contribution < -0.4 is 0 Å². The molecule has 5 fully saturated rings. The van der Waals surface area contributed by atoms with E-state index in [-0.39, 0.29) is 0 Å². The summed E-state index contributed by atoms with van der Waals surface area (Å²) in [7, 11) is -7.95. The van der Waals surface area contributed by atoms with Gasteiger partial charge in [0.05, 0.1) is 24.4 Å². The molecule has 0 spiro atoms. The first kappa shape index (κ1) is 22.4. The Morgan fingerprint density at radius 1 is 0.633 bits per heavy atom. The summed E-state index contributed by atoms with van der Waals surface area (Å²) in [4.78, 5) is 0. The van der Waals surface area contributed by atoms with Gasteiger partial charge in [-0.05, 0) is 101 Å². The third-order valence-electron chi connectivity index (χ3n) is 7.90. The molecule has 5 aliphatic rings. The SMILES string of the molecule is C[SiH]1O[Si](C)(CCC2CCC3OC3C2)O[SiH](C)O[Si](C)(CCC2CCC3OC3C2)O1. The van der Waals surface area contributed by atoms with Crippen LogP contribution in [0.2, 0.25) is 38.3 Å². The van der Waals surface area contributed by atoms with Crippen LogP contribution in [0.4, 0.5) is 0 Å². The van der Waals surface area contributed by atoms with E-state index in [1.54, 1.807) is 0 Å². The van der Waals surface area contributed by atoms with Crippen LogP contribution in [0.1, 0.15) is 51.4 Å². The van der Waals surface area contributed by atoms with Crippen molar-refractivity contribution in [2.75, 3.05) is 0 Å². The molecule has 3 heterocycles. The number of hydrogen-bond donors (Lipinski definition) is 0. The number of epoxide rings is 2. The highest BCUT2D eigenvalue weighted by atomic mass is 28.5. The Balaban J connectivity index is 1.12. The lowest BCUT2D eigenvalue weighted by Crippen LogP contribution is -2.58. The maximum absolute atomic E-state index is 6.66. The van der Waals surface area contributed by atoms with E-state index in [4.69, 9.17) is 25.9 Å². The predicted octanol–water partition coefficient (Wildman–Crippen LogP) is 3.83. The second-order valence-electron chi connectivity index (χ2n) is 10.7. The fourth-order valence-electron chi connectivity index (χ4n) is 6.17. The van der Waals surface area contributed by atoms with Crippen molar-refractivity contribution in [3.63, 3.8) is 0 Å². The molecule has 0 aromatic heterocycles. The van der Waals surface area contributed by atoms with Crippen molar-refractivity contribution in [3.05, 3.63) is 0 Å². The van der Waals surface area contributed by atoms with Crippen molar-refractivity contribution in [1.82, 2.24) is 0 Å². The van der Waals surface area contributed by atoms with E-state index in [1.165, 1.54) is 51.4 Å². The van der Waals surface area contributed by atoms with Crippen LogP contribution in [0.5, 0.6) is 0 Å². The van der Waals surface area contributed by atoms with Gasteiger partial charge in [-0.15, -0.1) is 0 Å². The van der Waals surface area contributed by atoms with E-state index in [2.05, 4.69) is 26.2 Å². The van der Waals surface area contributed by atoms with Crippen LogP contribution in [0.15, 0.2) is 0 Å². The summed E-state index contributed by atoms with van der Waals surface area (Å²) in [6, 6.07) is 2.14. The fraction of sp³-hybridized carbons (Fsp3) is 1.00. The first-order valence-electron chi connectivity index (χ1n) is 12.3. The van der Waals surface area contributed by atoms with Gasteiger partial charge >= 0.3 is 35.7 Å². The highest BCUT2D eigenvalue weighted by molar-refractivity contribution is 6.85. The van der Waals surface area contributed by atoms with Gasteiger partial charge in [0.2, 0.25) is 0 Å². The smallest absolute Gasteiger partial charge is 0.317 e. The van der Waals surface area contributed by atoms with Gasteiger partial charge < -0.3 is 25.9 Å². The summed E-state index contributed by atoms with van der Waals surface area (Å²) in [6.07, 6.45) is 12.3. The Labute approximate surface area is 187 Å². The molecule has 0 amide bonds. The average molecular weight is 489 g/mol. The van der Waals surface area contributed by atoms with Crippen molar-refractivity contribution < 1.29 is 25.9 Å². The standard InChI is InChI=1S/C20H40O6Si4/c1-27-23-29(3,11-9-15-5-7-17-19(13-15)21-17)25-28(2)26-30(4,24-27)12-10-16-6-8-18-20(14-16)22-18/h15-20,27-28H,5-14H2,1-4H3. The van der Waals surface area contributed by atoms with Crippen LogP contribution >= 0.6 is 0 Å². The summed E-state index contributed by atoms with van der Waals surface area (Å²) in [6.45, 7) is 8.88. The Kier molecular flexibility index (Phi) is 6.55. The molecule has 6 nitrogen and oxygen atoms in total. The maximum atomic E-state index is 6.66. The topological polar surface area (TPSA) is 62.0 Å². The van der Waals surface area contributed by atoms with Crippen molar-refractivity contribution in [2.45, 2.75) is 114 Å². The normalized spacial score (nSPS) is 53.2. The fourth-order valence-corrected chi connectivity index (χ4v) is 23.9. The zero-order chi connectivity index (χ0) is 20.9. The predicted molar refractivity (Wildman–Crippen MR) is 124 cm³/mol. The minimum absolute atomic E-state index is 0.555. The molecule has 0 bridgehead atoms. The van der Waals surface area contributed by atoms with Crippen molar-refractivity contribution in [3.8, 4) is 0 Å². The number of ether oxygens (including phenoxy) is 2. The largest absolute Gasteiger partial charge is 0.418 e. The molecule has 0 aromatic rings. The molecule has 2 saturated carbocycles. The van der Waals surface area contributed by atoms with E-state index in [9.17, 15) is 0 Å². The molecule has 3 aliphatic heterocycles. The summed E-state index contributed by atoms with van der Waals surface area (Å²) >= 11 is 0. The molecular formula is C20H40O6Si4. The van der Waals surface area contributed by atoms with Gasteiger partial charge in [-0.1, -0.05) is 0 Å². The minimum atomic E-state index is -2.22. The van der Waals surface area contributed by atoms with Gasteiger partial charge in [-0.25, -0.2) is 0 Å². The molecule has 3 saturated heterocycles. The highest BCUT2D eigenvalue weighted by Gasteiger charge is 2.48. The molecule has 10 heteroatoms. The van der Waals surface area contributed by atoms with Crippen LogP contribution in [0.25, 0.3) is 0 Å². The van der Waals surface area contributed by atoms with E-state index < -0.39 is 35.7 Å². The monoisotopic (exact) mass is 488 g/mol. The highest BCUT2D eigenvalue weighted by Crippen LogP contribution is 2.43. The molecule has 172 valence electrons. The molecule has 30 heavy (non-hydrogen) atoms. The molecule has 6 atom stereocenters. The summed E-state index contributed by atoms with van der Waals surface area (Å²) in [5, 5.41) is 0. The second-order valence-corrected chi connectivity index (χ2v) is 22.3. The zero-order valence-electron chi connectivity index (χ0n) is 19.1. The first-order valence-corrected chi connectivity index (χ1v) is 21.6. The van der Waals surface area contributed by atoms with Gasteiger partial charge in [-0.3, -0.25) is 0 Å². The average Bonchev–Trinajstić information content (AvgIpc) is 3.56.